The van der Waals surface area contributed by atoms with Gasteiger partial charge in [0, 0.05) is 23.0 Å². The quantitative estimate of drug-likeness (QED) is 0.289. The second-order valence-corrected chi connectivity index (χ2v) is 7.79. The van der Waals surface area contributed by atoms with Crippen LogP contribution in [0.4, 0.5) is 8.78 Å². The topological polar surface area (TPSA) is 67.8 Å². The van der Waals surface area contributed by atoms with Gasteiger partial charge in [0.15, 0.2) is 10.9 Å². The van der Waals surface area contributed by atoms with E-state index < -0.39 is 17.2 Å². The molecule has 2 heterocycles. The zero-order chi connectivity index (χ0) is 21.4. The lowest BCUT2D eigenvalue weighted by Gasteiger charge is -2.13. The molecule has 2 aromatic carbocycles. The van der Waals surface area contributed by atoms with Crippen LogP contribution >= 0.6 is 11.8 Å². The molecule has 0 radical (unpaired) electrons. The summed E-state index contributed by atoms with van der Waals surface area (Å²) in [5, 5.41) is 0.455. The second kappa shape index (κ2) is 7.87. The van der Waals surface area contributed by atoms with Crippen LogP contribution in [0.25, 0.3) is 16.6 Å². The fourth-order valence-corrected chi connectivity index (χ4v) is 4.19. The van der Waals surface area contributed by atoms with Crippen molar-refractivity contribution in [3.05, 3.63) is 87.5 Å². The fourth-order valence-electron chi connectivity index (χ4n) is 3.31. The summed E-state index contributed by atoms with van der Waals surface area (Å²) in [4.78, 5) is 33.4. The maximum atomic E-state index is 14.5. The summed E-state index contributed by atoms with van der Waals surface area (Å²) in [6.07, 6.45) is 0. The lowest BCUT2D eigenvalue weighted by atomic mass is 10.2. The predicted molar refractivity (Wildman–Crippen MR) is 113 cm³/mol. The number of benzene rings is 2. The number of fused-ring (bicyclic) bond motifs is 1. The smallest absolute Gasteiger partial charge is 0.266 e. The number of H-pyrrole nitrogens is 1. The molecule has 0 bridgehead atoms. The van der Waals surface area contributed by atoms with E-state index in [4.69, 9.17) is 0 Å². The SMILES string of the molecule is Cc1cc(C(=O)CSc2nc3ccccc3c(=O)n2-c2ccc(F)cc2F)c(C)[nH]1. The molecular formula is C22H17F2N3O2S. The van der Waals surface area contributed by atoms with Crippen molar-refractivity contribution in [1.29, 1.82) is 0 Å². The molecule has 0 saturated carbocycles. The summed E-state index contributed by atoms with van der Waals surface area (Å²) in [7, 11) is 0. The summed E-state index contributed by atoms with van der Waals surface area (Å²) in [6.45, 7) is 3.67. The van der Waals surface area contributed by atoms with E-state index in [1.807, 2.05) is 13.8 Å². The highest BCUT2D eigenvalue weighted by molar-refractivity contribution is 7.99. The van der Waals surface area contributed by atoms with Gasteiger partial charge in [-0.05, 0) is 44.2 Å². The summed E-state index contributed by atoms with van der Waals surface area (Å²) >= 11 is 1.03. The molecular weight excluding hydrogens is 408 g/mol. The number of carbonyl (C=O) groups excluding carboxylic acids is 1. The van der Waals surface area contributed by atoms with Crippen molar-refractivity contribution in [2.75, 3.05) is 5.75 Å². The van der Waals surface area contributed by atoms with Gasteiger partial charge < -0.3 is 4.98 Å². The van der Waals surface area contributed by atoms with E-state index in [0.29, 0.717) is 22.5 Å². The average Bonchev–Trinajstić information content (AvgIpc) is 3.05. The summed E-state index contributed by atoms with van der Waals surface area (Å²) < 4.78 is 29.0. The zero-order valence-electron chi connectivity index (χ0n) is 16.2. The number of aromatic amines is 1. The van der Waals surface area contributed by atoms with E-state index in [9.17, 15) is 18.4 Å². The van der Waals surface area contributed by atoms with Gasteiger partial charge in [-0.1, -0.05) is 23.9 Å². The van der Waals surface area contributed by atoms with Crippen molar-refractivity contribution in [3.63, 3.8) is 0 Å². The molecule has 0 unspecified atom stereocenters. The third-order valence-corrected chi connectivity index (χ3v) is 5.62. The van der Waals surface area contributed by atoms with E-state index in [0.717, 1.165) is 33.8 Å². The Balaban J connectivity index is 1.81. The summed E-state index contributed by atoms with van der Waals surface area (Å²) in [5.41, 5.74) is 2.01. The molecule has 152 valence electrons. The van der Waals surface area contributed by atoms with Crippen LogP contribution in [-0.2, 0) is 0 Å². The van der Waals surface area contributed by atoms with Gasteiger partial charge in [-0.2, -0.15) is 0 Å². The Hall–Kier alpha value is -3.26. The number of hydrogen-bond acceptors (Lipinski definition) is 4. The lowest BCUT2D eigenvalue weighted by molar-refractivity contribution is 0.102. The van der Waals surface area contributed by atoms with Crippen LogP contribution in [0.15, 0.2) is 58.5 Å². The van der Waals surface area contributed by atoms with Gasteiger partial charge in [-0.3, -0.25) is 14.2 Å². The monoisotopic (exact) mass is 425 g/mol. The van der Waals surface area contributed by atoms with Crippen LogP contribution < -0.4 is 5.56 Å². The number of aromatic nitrogens is 3. The van der Waals surface area contributed by atoms with Crippen molar-refractivity contribution < 1.29 is 13.6 Å². The number of rotatable bonds is 5. The van der Waals surface area contributed by atoms with E-state index >= 15 is 0 Å². The number of nitrogens with zero attached hydrogens (tertiary/aromatic N) is 2. The third kappa shape index (κ3) is 3.66. The van der Waals surface area contributed by atoms with Crippen LogP contribution in [-0.4, -0.2) is 26.1 Å². The van der Waals surface area contributed by atoms with Gasteiger partial charge in [0.25, 0.3) is 5.56 Å². The minimum atomic E-state index is -0.889. The number of hydrogen-bond donors (Lipinski definition) is 1. The summed E-state index contributed by atoms with van der Waals surface area (Å²) in [5.74, 6) is -1.78. The Morgan fingerprint density at radius 3 is 2.60 bits per heavy atom. The van der Waals surface area contributed by atoms with Crippen LogP contribution in [0.1, 0.15) is 21.7 Å². The van der Waals surface area contributed by atoms with E-state index in [2.05, 4.69) is 9.97 Å². The Labute approximate surface area is 174 Å². The normalized spacial score (nSPS) is 11.2. The highest BCUT2D eigenvalue weighted by atomic mass is 32.2. The van der Waals surface area contributed by atoms with Crippen LogP contribution in [0.5, 0.6) is 0 Å². The van der Waals surface area contributed by atoms with Gasteiger partial charge >= 0.3 is 0 Å². The number of Topliss-reactive ketones (excluding diaryl/α,β-unsaturated/α-hetero) is 1. The number of carbonyl (C=O) groups is 1. The molecule has 8 heteroatoms. The first-order valence-electron chi connectivity index (χ1n) is 9.14. The molecule has 4 aromatic rings. The van der Waals surface area contributed by atoms with Crippen molar-refractivity contribution in [2.24, 2.45) is 0 Å². The standard InChI is InChI=1S/C22H17F2N3O2S/c1-12-9-16(13(2)25-12)20(28)11-30-22-26-18-6-4-3-5-15(18)21(29)27(22)19-8-7-14(23)10-17(19)24/h3-10,25H,11H2,1-2H3. The maximum absolute atomic E-state index is 14.5. The molecule has 4 rings (SSSR count). The Kier molecular flexibility index (Phi) is 5.26. The molecule has 0 amide bonds. The zero-order valence-corrected chi connectivity index (χ0v) is 17.0. The molecule has 1 N–H and O–H groups in total. The van der Waals surface area contributed by atoms with Crippen molar-refractivity contribution in [1.82, 2.24) is 14.5 Å². The molecule has 2 aromatic heterocycles. The molecule has 0 aliphatic carbocycles. The van der Waals surface area contributed by atoms with Crippen molar-refractivity contribution in [3.8, 4) is 5.69 Å². The van der Waals surface area contributed by atoms with Crippen LogP contribution in [0.2, 0.25) is 0 Å². The van der Waals surface area contributed by atoms with Gasteiger partial charge in [-0.25, -0.2) is 13.8 Å². The van der Waals surface area contributed by atoms with E-state index in [1.165, 1.54) is 6.07 Å². The highest BCUT2D eigenvalue weighted by Crippen LogP contribution is 2.24. The number of ketones is 1. The minimum Gasteiger partial charge on any atom is -0.362 e. The van der Waals surface area contributed by atoms with Gasteiger partial charge in [0.1, 0.15) is 11.6 Å². The minimum absolute atomic E-state index is 0.00568. The average molecular weight is 425 g/mol. The number of para-hydroxylation sites is 1. The van der Waals surface area contributed by atoms with Gasteiger partial charge in [-0.15, -0.1) is 0 Å². The lowest BCUT2D eigenvalue weighted by Crippen LogP contribution is -2.23. The first kappa shape index (κ1) is 20.0. The van der Waals surface area contributed by atoms with Gasteiger partial charge in [0.05, 0.1) is 22.3 Å². The molecule has 0 atom stereocenters. The largest absolute Gasteiger partial charge is 0.362 e. The number of nitrogens with one attached hydrogen (secondary N) is 1. The van der Waals surface area contributed by atoms with E-state index in [-0.39, 0.29) is 22.4 Å². The van der Waals surface area contributed by atoms with Crippen LogP contribution in [0.3, 0.4) is 0 Å². The molecule has 0 aliphatic rings. The number of aryl methyl sites for hydroxylation is 2. The highest BCUT2D eigenvalue weighted by Gasteiger charge is 2.19. The molecule has 5 nitrogen and oxygen atoms in total. The van der Waals surface area contributed by atoms with E-state index in [1.54, 1.807) is 30.3 Å². The van der Waals surface area contributed by atoms with Gasteiger partial charge in [0.2, 0.25) is 0 Å². The molecule has 30 heavy (non-hydrogen) atoms. The van der Waals surface area contributed by atoms with Crippen molar-refractivity contribution >= 4 is 28.4 Å². The Morgan fingerprint density at radius 2 is 1.90 bits per heavy atom. The molecule has 0 spiro atoms. The predicted octanol–water partition coefficient (Wildman–Crippen LogP) is 4.58. The second-order valence-electron chi connectivity index (χ2n) is 6.85. The summed E-state index contributed by atoms with van der Waals surface area (Å²) in [6, 6.07) is 11.4. The molecule has 0 aliphatic heterocycles. The number of halogens is 2. The first-order valence-corrected chi connectivity index (χ1v) is 10.1. The Bertz CT molecular complexity index is 1340. The molecule has 0 fully saturated rings. The van der Waals surface area contributed by atoms with Crippen LogP contribution in [0, 0.1) is 25.5 Å². The molecule has 0 saturated heterocycles. The van der Waals surface area contributed by atoms with Crippen molar-refractivity contribution in [2.45, 2.75) is 19.0 Å². The third-order valence-electron chi connectivity index (χ3n) is 4.68. The number of thioether (sulfide) groups is 1. The fraction of sp³-hybridized carbons (Fsp3) is 0.136. The maximum Gasteiger partial charge on any atom is 0.266 e. The first-order chi connectivity index (χ1) is 14.3. The Morgan fingerprint density at radius 1 is 1.13 bits per heavy atom.